The van der Waals surface area contributed by atoms with Crippen molar-refractivity contribution in [1.82, 2.24) is 9.97 Å². The average Bonchev–Trinajstić information content (AvgIpc) is 3.49. The number of thiazole rings is 1. The Morgan fingerprint density at radius 2 is 1.83 bits per heavy atom. The van der Waals surface area contributed by atoms with Crippen LogP contribution < -0.4 is 16.4 Å². The number of thiophene rings is 1. The second-order valence-electron chi connectivity index (χ2n) is 6.14. The number of amides is 3. The maximum Gasteiger partial charge on any atom is 0.265 e. The molecule has 8 nitrogen and oxygen atoms in total. The summed E-state index contributed by atoms with van der Waals surface area (Å²) in [5.74, 6) is -1.24. The smallest absolute Gasteiger partial charge is 0.265 e. The summed E-state index contributed by atoms with van der Waals surface area (Å²) >= 11 is 2.56. The van der Waals surface area contributed by atoms with Gasteiger partial charge in [0.1, 0.15) is 5.69 Å². The van der Waals surface area contributed by atoms with Crippen LogP contribution in [0.25, 0.3) is 11.3 Å². The maximum atomic E-state index is 12.8. The number of hydrogen-bond donors (Lipinski definition) is 4. The van der Waals surface area contributed by atoms with Gasteiger partial charge in [0.2, 0.25) is 0 Å². The first-order valence-corrected chi connectivity index (χ1v) is 10.5. The van der Waals surface area contributed by atoms with Gasteiger partial charge >= 0.3 is 0 Å². The van der Waals surface area contributed by atoms with Crippen LogP contribution in [-0.2, 0) is 0 Å². The molecule has 0 aliphatic heterocycles. The van der Waals surface area contributed by atoms with Crippen LogP contribution in [0, 0.1) is 0 Å². The number of benzene rings is 1. The first-order valence-electron chi connectivity index (χ1n) is 8.70. The Labute approximate surface area is 178 Å². The van der Waals surface area contributed by atoms with Crippen molar-refractivity contribution < 1.29 is 14.4 Å². The predicted octanol–water partition coefficient (Wildman–Crippen LogP) is 3.80. The van der Waals surface area contributed by atoms with Gasteiger partial charge in [-0.3, -0.25) is 19.7 Å². The number of carbonyl (C=O) groups is 3. The fraction of sp³-hybridized carbons (Fsp3) is 0. The zero-order valence-corrected chi connectivity index (χ0v) is 17.0. The summed E-state index contributed by atoms with van der Waals surface area (Å²) in [4.78, 5) is 44.1. The molecule has 0 radical (unpaired) electrons. The van der Waals surface area contributed by atoms with Crippen molar-refractivity contribution >= 4 is 51.2 Å². The fourth-order valence-corrected chi connectivity index (χ4v) is 4.03. The molecule has 1 aromatic carbocycles. The van der Waals surface area contributed by atoms with Gasteiger partial charge < -0.3 is 16.0 Å². The van der Waals surface area contributed by atoms with Crippen molar-refractivity contribution in [2.45, 2.75) is 0 Å². The molecule has 0 aliphatic rings. The minimum atomic E-state index is -0.564. The fourth-order valence-electron chi connectivity index (χ4n) is 2.69. The van der Waals surface area contributed by atoms with Crippen molar-refractivity contribution in [3.63, 3.8) is 0 Å². The van der Waals surface area contributed by atoms with Crippen molar-refractivity contribution in [1.29, 1.82) is 0 Å². The van der Waals surface area contributed by atoms with Crippen molar-refractivity contribution in [3.8, 4) is 11.3 Å². The van der Waals surface area contributed by atoms with E-state index in [4.69, 9.17) is 5.73 Å². The maximum absolute atomic E-state index is 12.8. The molecule has 30 heavy (non-hydrogen) atoms. The molecule has 0 saturated carbocycles. The van der Waals surface area contributed by atoms with Gasteiger partial charge in [-0.2, -0.15) is 0 Å². The Morgan fingerprint density at radius 3 is 2.57 bits per heavy atom. The van der Waals surface area contributed by atoms with Crippen molar-refractivity contribution in [2.75, 3.05) is 10.6 Å². The molecule has 150 valence electrons. The third kappa shape index (κ3) is 4.14. The van der Waals surface area contributed by atoms with Gasteiger partial charge in [-0.1, -0.05) is 18.2 Å². The van der Waals surface area contributed by atoms with E-state index in [1.807, 2.05) is 5.38 Å². The number of hydrogen-bond acceptors (Lipinski definition) is 6. The van der Waals surface area contributed by atoms with Gasteiger partial charge in [0, 0.05) is 17.1 Å². The molecule has 5 N–H and O–H groups in total. The molecule has 4 aromatic rings. The van der Waals surface area contributed by atoms with Gasteiger partial charge in [0.25, 0.3) is 17.7 Å². The van der Waals surface area contributed by atoms with E-state index in [0.717, 1.165) is 0 Å². The van der Waals surface area contributed by atoms with Crippen LogP contribution in [0.2, 0.25) is 0 Å². The highest BCUT2D eigenvalue weighted by atomic mass is 32.1. The molecule has 0 saturated heterocycles. The number of aromatic nitrogens is 2. The molecule has 0 aliphatic carbocycles. The number of nitrogens with one attached hydrogen (secondary N) is 3. The topological polar surface area (TPSA) is 130 Å². The van der Waals surface area contributed by atoms with E-state index >= 15 is 0 Å². The highest BCUT2D eigenvalue weighted by Gasteiger charge is 2.16. The SMILES string of the molecule is NC(=O)c1cc(-c2csc(NC(=O)c3ccccc3NC(=O)c3cccs3)n2)c[nH]1. The summed E-state index contributed by atoms with van der Waals surface area (Å²) < 4.78 is 0. The molecular formula is C20H15N5O3S2. The summed E-state index contributed by atoms with van der Waals surface area (Å²) in [7, 11) is 0. The summed E-state index contributed by atoms with van der Waals surface area (Å²) in [6.45, 7) is 0. The normalized spacial score (nSPS) is 10.5. The Morgan fingerprint density at radius 1 is 1.00 bits per heavy atom. The summed E-state index contributed by atoms with van der Waals surface area (Å²) in [6.07, 6.45) is 1.62. The first-order chi connectivity index (χ1) is 14.5. The summed E-state index contributed by atoms with van der Waals surface area (Å²) in [5.41, 5.74) is 7.52. The van der Waals surface area contributed by atoms with E-state index in [0.29, 0.717) is 32.5 Å². The van der Waals surface area contributed by atoms with Crippen LogP contribution in [0.5, 0.6) is 0 Å². The highest BCUT2D eigenvalue weighted by Crippen LogP contribution is 2.26. The second kappa shape index (κ2) is 8.31. The molecule has 0 atom stereocenters. The third-order valence-corrected chi connectivity index (χ3v) is 5.76. The van der Waals surface area contributed by atoms with Gasteiger partial charge in [-0.15, -0.1) is 22.7 Å². The van der Waals surface area contributed by atoms with E-state index in [-0.39, 0.29) is 11.6 Å². The van der Waals surface area contributed by atoms with Crippen LogP contribution in [-0.4, -0.2) is 27.7 Å². The monoisotopic (exact) mass is 437 g/mol. The molecule has 0 fully saturated rings. The molecule has 0 bridgehead atoms. The van der Waals surface area contributed by atoms with Gasteiger partial charge in [-0.25, -0.2) is 4.98 Å². The lowest BCUT2D eigenvalue weighted by atomic mass is 10.1. The number of H-pyrrole nitrogens is 1. The minimum absolute atomic E-state index is 0.277. The highest BCUT2D eigenvalue weighted by molar-refractivity contribution is 7.14. The number of nitrogens with zero attached hydrogens (tertiary/aromatic N) is 1. The zero-order chi connectivity index (χ0) is 21.1. The Balaban J connectivity index is 1.50. The van der Waals surface area contributed by atoms with Crippen LogP contribution in [0.3, 0.4) is 0 Å². The Kier molecular flexibility index (Phi) is 5.42. The molecule has 0 unspecified atom stereocenters. The largest absolute Gasteiger partial charge is 0.364 e. The van der Waals surface area contributed by atoms with E-state index in [1.165, 1.54) is 22.7 Å². The molecule has 3 amide bonds. The zero-order valence-electron chi connectivity index (χ0n) is 15.3. The van der Waals surface area contributed by atoms with Crippen molar-refractivity contribution in [2.24, 2.45) is 5.73 Å². The van der Waals surface area contributed by atoms with E-state index in [1.54, 1.807) is 54.0 Å². The van der Waals surface area contributed by atoms with E-state index < -0.39 is 11.8 Å². The Hall–Kier alpha value is -3.76. The summed E-state index contributed by atoms with van der Waals surface area (Å²) in [6, 6.07) is 11.8. The molecule has 4 rings (SSSR count). The van der Waals surface area contributed by atoms with E-state index in [9.17, 15) is 14.4 Å². The van der Waals surface area contributed by atoms with Gasteiger partial charge in [0.15, 0.2) is 5.13 Å². The van der Waals surface area contributed by atoms with Crippen LogP contribution in [0.1, 0.15) is 30.5 Å². The lowest BCUT2D eigenvalue weighted by Gasteiger charge is -2.09. The molecule has 3 heterocycles. The first kappa shape index (κ1) is 19.6. The van der Waals surface area contributed by atoms with Crippen molar-refractivity contribution in [3.05, 3.63) is 75.6 Å². The molecule has 0 spiro atoms. The van der Waals surface area contributed by atoms with Crippen LogP contribution >= 0.6 is 22.7 Å². The molecule has 10 heteroatoms. The van der Waals surface area contributed by atoms with E-state index in [2.05, 4.69) is 20.6 Å². The standard InChI is InChI=1S/C20H15N5O3S2/c21-17(26)14-8-11(9-22-14)15-10-30-20(24-15)25-18(27)12-4-1-2-5-13(12)23-19(28)16-6-3-7-29-16/h1-10,22H,(H2,21,26)(H,23,28)(H,24,25,27). The lowest BCUT2D eigenvalue weighted by molar-refractivity contribution is 0.0992. The lowest BCUT2D eigenvalue weighted by Crippen LogP contribution is -2.17. The Bertz CT molecular complexity index is 1230. The van der Waals surface area contributed by atoms with Gasteiger partial charge in [0.05, 0.1) is 21.8 Å². The molecule has 3 aromatic heterocycles. The number of primary amides is 1. The summed E-state index contributed by atoms with van der Waals surface area (Å²) in [5, 5.41) is 9.47. The predicted molar refractivity (Wildman–Crippen MR) is 117 cm³/mol. The number of para-hydroxylation sites is 1. The number of anilines is 2. The quantitative estimate of drug-likeness (QED) is 0.365. The number of rotatable bonds is 6. The third-order valence-electron chi connectivity index (χ3n) is 4.13. The average molecular weight is 438 g/mol. The van der Waals surface area contributed by atoms with Crippen LogP contribution in [0.15, 0.2) is 59.4 Å². The number of carbonyl (C=O) groups excluding carboxylic acids is 3. The molecular weight excluding hydrogens is 422 g/mol. The van der Waals surface area contributed by atoms with Crippen LogP contribution in [0.4, 0.5) is 10.8 Å². The minimum Gasteiger partial charge on any atom is -0.364 e. The number of aromatic amines is 1. The second-order valence-corrected chi connectivity index (χ2v) is 7.94. The number of nitrogens with two attached hydrogens (primary N) is 1. The van der Waals surface area contributed by atoms with Gasteiger partial charge in [-0.05, 0) is 29.6 Å².